The van der Waals surface area contributed by atoms with Crippen LogP contribution in [0, 0.1) is 6.92 Å². The third-order valence-electron chi connectivity index (χ3n) is 6.02. The number of rotatable bonds is 8. The monoisotopic (exact) mass is 478 g/mol. The van der Waals surface area contributed by atoms with Crippen LogP contribution in [-0.2, 0) is 21.2 Å². The van der Waals surface area contributed by atoms with Gasteiger partial charge in [-0.25, -0.2) is 13.1 Å². The predicted molar refractivity (Wildman–Crippen MR) is 123 cm³/mol. The maximum Gasteiger partial charge on any atom is 0.387 e. The number of ether oxygens (including phenoxy) is 2. The van der Waals surface area contributed by atoms with Gasteiger partial charge in [-0.2, -0.15) is 8.78 Å². The molecule has 1 heterocycles. The Morgan fingerprint density at radius 2 is 1.91 bits per heavy atom. The highest BCUT2D eigenvalue weighted by atomic mass is 32.2. The smallest absolute Gasteiger partial charge is 0.387 e. The minimum atomic E-state index is -3.71. The number of morpholine rings is 1. The highest BCUT2D eigenvalue weighted by molar-refractivity contribution is 7.93. The molecule has 0 bridgehead atoms. The molecule has 178 valence electrons. The Balaban J connectivity index is 1.51. The molecule has 0 amide bonds. The average molecular weight is 479 g/mol. The number of alkyl halides is 2. The van der Waals surface area contributed by atoms with Gasteiger partial charge in [0.1, 0.15) is 5.75 Å². The van der Waals surface area contributed by atoms with Gasteiger partial charge < -0.3 is 9.47 Å². The van der Waals surface area contributed by atoms with E-state index < -0.39 is 16.6 Å². The number of aryl methyl sites for hydroxylation is 2. The van der Waals surface area contributed by atoms with Crippen molar-refractivity contribution in [3.63, 3.8) is 0 Å². The van der Waals surface area contributed by atoms with Crippen LogP contribution in [0.15, 0.2) is 47.4 Å². The zero-order valence-corrected chi connectivity index (χ0v) is 19.3. The van der Waals surface area contributed by atoms with Crippen LogP contribution < -0.4 is 9.46 Å². The lowest BCUT2D eigenvalue weighted by Gasteiger charge is -2.35. The summed E-state index contributed by atoms with van der Waals surface area (Å²) in [6.45, 7) is 2.08. The Kier molecular flexibility index (Phi) is 7.43. The predicted octanol–water partition coefficient (Wildman–Crippen LogP) is 3.88. The van der Waals surface area contributed by atoms with Crippen molar-refractivity contribution in [2.75, 3.05) is 32.8 Å². The number of halogens is 2. The van der Waals surface area contributed by atoms with Crippen LogP contribution in [0.5, 0.6) is 5.75 Å². The minimum absolute atomic E-state index is 0.0769. The first-order valence-electron chi connectivity index (χ1n) is 11.0. The number of benzene rings is 2. The van der Waals surface area contributed by atoms with Gasteiger partial charge in [0.15, 0.2) is 0 Å². The second-order valence-electron chi connectivity index (χ2n) is 8.28. The van der Waals surface area contributed by atoms with E-state index in [4.69, 9.17) is 4.74 Å². The Bertz CT molecular complexity index is 1120. The maximum absolute atomic E-state index is 13.1. The van der Waals surface area contributed by atoms with Gasteiger partial charge in [0.05, 0.1) is 18.1 Å². The summed E-state index contributed by atoms with van der Waals surface area (Å²) < 4.78 is 64.0. The Labute approximate surface area is 193 Å². The summed E-state index contributed by atoms with van der Waals surface area (Å²) in [4.78, 5) is 2.54. The first-order chi connectivity index (χ1) is 15.8. The molecule has 2 aromatic carbocycles. The molecule has 0 aromatic heterocycles. The molecule has 1 fully saturated rings. The van der Waals surface area contributed by atoms with Crippen molar-refractivity contribution >= 4 is 16.1 Å². The first-order valence-corrected chi connectivity index (χ1v) is 12.5. The minimum Gasteiger partial charge on any atom is -0.435 e. The Morgan fingerprint density at radius 1 is 1.12 bits per heavy atom. The largest absolute Gasteiger partial charge is 0.435 e. The van der Waals surface area contributed by atoms with Crippen LogP contribution >= 0.6 is 0 Å². The summed E-state index contributed by atoms with van der Waals surface area (Å²) in [6.07, 6.45) is 2.35. The highest BCUT2D eigenvalue weighted by Crippen LogP contribution is 2.30. The van der Waals surface area contributed by atoms with Gasteiger partial charge in [-0.15, -0.1) is 0 Å². The van der Waals surface area contributed by atoms with Crippen LogP contribution in [0.3, 0.4) is 0 Å². The van der Waals surface area contributed by atoms with Crippen molar-refractivity contribution in [2.45, 2.75) is 32.4 Å². The second-order valence-corrected chi connectivity index (χ2v) is 10.1. The van der Waals surface area contributed by atoms with Crippen LogP contribution in [0.4, 0.5) is 8.78 Å². The number of hydrogen-bond acceptors (Lipinski definition) is 5. The van der Waals surface area contributed by atoms with Crippen LogP contribution in [-0.4, -0.2) is 52.8 Å². The lowest BCUT2D eigenvalue weighted by atomic mass is 9.97. The van der Waals surface area contributed by atoms with Gasteiger partial charge in [-0.05, 0) is 54.7 Å². The summed E-state index contributed by atoms with van der Waals surface area (Å²) in [5.41, 5.74) is 3.68. The molecule has 33 heavy (non-hydrogen) atoms. The van der Waals surface area contributed by atoms with Gasteiger partial charge in [0.2, 0.25) is 10.0 Å². The number of hydrogen-bond donors (Lipinski definition) is 1. The topological polar surface area (TPSA) is 67.9 Å². The molecule has 1 aliphatic carbocycles. The molecule has 1 atom stereocenters. The number of allylic oxidation sites excluding steroid dienone is 1. The van der Waals surface area contributed by atoms with Crippen LogP contribution in [0.1, 0.15) is 34.7 Å². The lowest BCUT2D eigenvalue weighted by Crippen LogP contribution is -2.44. The van der Waals surface area contributed by atoms with E-state index in [0.717, 1.165) is 29.8 Å². The lowest BCUT2D eigenvalue weighted by molar-refractivity contribution is -0.0498. The molecule has 1 unspecified atom stereocenters. The second kappa shape index (κ2) is 10.3. The first kappa shape index (κ1) is 23.8. The van der Waals surface area contributed by atoms with E-state index in [1.807, 2.05) is 25.1 Å². The van der Waals surface area contributed by atoms with Crippen molar-refractivity contribution in [1.82, 2.24) is 9.62 Å². The molecule has 1 N–H and O–H groups in total. The molecule has 2 aliphatic rings. The number of nitrogens with zero attached hydrogens (tertiary/aromatic N) is 1. The van der Waals surface area contributed by atoms with E-state index in [1.165, 1.54) is 6.07 Å². The van der Waals surface area contributed by atoms with Gasteiger partial charge >= 0.3 is 6.61 Å². The summed E-state index contributed by atoms with van der Waals surface area (Å²) in [5.74, 6) is 0.0769. The number of sulfonamides is 1. The molecular weight excluding hydrogens is 450 g/mol. The molecule has 0 saturated carbocycles. The zero-order valence-electron chi connectivity index (χ0n) is 18.5. The molecular formula is C24H28F2N2O4S. The molecule has 6 nitrogen and oxygen atoms in total. The van der Waals surface area contributed by atoms with E-state index in [9.17, 15) is 17.2 Å². The third-order valence-corrected chi connectivity index (χ3v) is 7.58. The van der Waals surface area contributed by atoms with Crippen molar-refractivity contribution < 1.29 is 26.7 Å². The molecule has 1 saturated heterocycles. The highest BCUT2D eigenvalue weighted by Gasteiger charge is 2.27. The molecule has 2 aromatic rings. The van der Waals surface area contributed by atoms with Gasteiger partial charge in [0.25, 0.3) is 0 Å². The van der Waals surface area contributed by atoms with Gasteiger partial charge in [-0.1, -0.05) is 35.9 Å². The van der Waals surface area contributed by atoms with Crippen LogP contribution in [0.2, 0.25) is 0 Å². The fraction of sp³-hybridized carbons (Fsp3) is 0.417. The molecule has 0 radical (unpaired) electrons. The van der Waals surface area contributed by atoms with Gasteiger partial charge in [0, 0.05) is 25.7 Å². The fourth-order valence-electron chi connectivity index (χ4n) is 4.34. The van der Waals surface area contributed by atoms with E-state index in [1.54, 1.807) is 18.2 Å². The zero-order chi connectivity index (χ0) is 23.4. The fourth-order valence-corrected chi connectivity index (χ4v) is 5.55. The van der Waals surface area contributed by atoms with E-state index in [0.29, 0.717) is 36.5 Å². The summed E-state index contributed by atoms with van der Waals surface area (Å²) in [5, 5.41) is 0. The summed E-state index contributed by atoms with van der Waals surface area (Å²) >= 11 is 0. The molecule has 9 heteroatoms. The van der Waals surface area contributed by atoms with E-state index in [-0.39, 0.29) is 18.3 Å². The summed E-state index contributed by atoms with van der Waals surface area (Å²) in [7, 11) is -3.71. The SMILES string of the molecule is Cc1cccc(C(CNS(=O)(=O)C2=Cc3ccc(OC(F)F)cc3CC2)N2CCOCC2)c1. The molecule has 0 spiro atoms. The number of nitrogens with one attached hydrogen (secondary N) is 1. The van der Waals surface area contributed by atoms with Crippen molar-refractivity contribution in [2.24, 2.45) is 0 Å². The van der Waals surface area contributed by atoms with Crippen LogP contribution in [0.25, 0.3) is 6.08 Å². The number of fused-ring (bicyclic) bond motifs is 1. The molecule has 1 aliphatic heterocycles. The quantitative estimate of drug-likeness (QED) is 0.624. The van der Waals surface area contributed by atoms with E-state index in [2.05, 4.69) is 20.4 Å². The van der Waals surface area contributed by atoms with Crippen molar-refractivity contribution in [3.05, 3.63) is 69.6 Å². The standard InChI is InChI=1S/C24H28F2N2O4S/c1-17-3-2-4-20(13-17)23(28-9-11-31-12-10-28)16-27-33(29,30)22-8-6-18-14-21(32-24(25)26)7-5-19(18)15-22/h2-5,7,13-15,23-24,27H,6,8-12,16H2,1H3. The van der Waals surface area contributed by atoms with Crippen molar-refractivity contribution in [1.29, 1.82) is 0 Å². The van der Waals surface area contributed by atoms with E-state index >= 15 is 0 Å². The Hall–Kier alpha value is -2.33. The van der Waals surface area contributed by atoms with Gasteiger partial charge in [-0.3, -0.25) is 4.90 Å². The van der Waals surface area contributed by atoms with Crippen molar-refractivity contribution in [3.8, 4) is 5.75 Å². The molecule has 4 rings (SSSR count). The average Bonchev–Trinajstić information content (AvgIpc) is 2.79. The maximum atomic E-state index is 13.1. The third kappa shape index (κ3) is 5.97. The normalized spacial score (nSPS) is 18.0. The Morgan fingerprint density at radius 3 is 2.64 bits per heavy atom. The summed E-state index contributed by atoms with van der Waals surface area (Å²) in [6, 6.07) is 12.6.